The van der Waals surface area contributed by atoms with Gasteiger partial charge in [0.05, 0.1) is 17.0 Å². The third-order valence-corrected chi connectivity index (χ3v) is 4.72. The van der Waals surface area contributed by atoms with E-state index in [2.05, 4.69) is 41.4 Å². The summed E-state index contributed by atoms with van der Waals surface area (Å²) in [5.41, 5.74) is 3.84. The van der Waals surface area contributed by atoms with Crippen molar-refractivity contribution < 1.29 is 4.79 Å². The van der Waals surface area contributed by atoms with E-state index in [1.54, 1.807) is 18.5 Å². The lowest BCUT2D eigenvalue weighted by Crippen LogP contribution is -2.22. The molecule has 1 aromatic carbocycles. The average molecular weight is 396 g/mol. The lowest BCUT2D eigenvalue weighted by Gasteiger charge is -2.05. The highest BCUT2D eigenvalue weighted by molar-refractivity contribution is 9.10. The van der Waals surface area contributed by atoms with Crippen molar-refractivity contribution in [1.29, 1.82) is 0 Å². The number of amides is 1. The zero-order chi connectivity index (χ0) is 17.2. The molecule has 0 atom stereocenters. The fourth-order valence-electron chi connectivity index (χ4n) is 2.64. The molecule has 1 amide bonds. The van der Waals surface area contributed by atoms with Gasteiger partial charge in [-0.2, -0.15) is 5.10 Å². The van der Waals surface area contributed by atoms with E-state index in [9.17, 15) is 4.79 Å². The van der Waals surface area contributed by atoms with Crippen molar-refractivity contribution in [2.24, 2.45) is 0 Å². The number of carbonyl (C=O) groups is 1. The van der Waals surface area contributed by atoms with Crippen LogP contribution in [0.1, 0.15) is 15.9 Å². The zero-order valence-corrected chi connectivity index (χ0v) is 14.7. The number of aromatic amines is 2. The van der Waals surface area contributed by atoms with Gasteiger partial charge in [-0.3, -0.25) is 9.89 Å². The number of fused-ring (bicyclic) bond motifs is 1. The van der Waals surface area contributed by atoms with E-state index in [1.807, 2.05) is 36.4 Å². The van der Waals surface area contributed by atoms with Crippen molar-refractivity contribution in [3.63, 3.8) is 0 Å². The summed E-state index contributed by atoms with van der Waals surface area (Å²) in [5, 5.41) is 11.0. The molecular weight excluding hydrogens is 382 g/mol. The Balaban J connectivity index is 1.53. The van der Waals surface area contributed by atoms with Gasteiger partial charge in [0.2, 0.25) is 0 Å². The lowest BCUT2D eigenvalue weighted by molar-refractivity contribution is 0.0951. The molecule has 7 heteroatoms. The van der Waals surface area contributed by atoms with Gasteiger partial charge in [-0.1, -0.05) is 34.1 Å². The molecule has 0 unspecified atom stereocenters. The van der Waals surface area contributed by atoms with E-state index in [0.717, 1.165) is 26.8 Å². The number of nitrogens with one attached hydrogen (secondary N) is 3. The first-order valence-corrected chi connectivity index (χ1v) is 8.51. The van der Waals surface area contributed by atoms with E-state index in [1.165, 1.54) is 0 Å². The number of nitrogens with zero attached hydrogens (tertiary/aromatic N) is 2. The van der Waals surface area contributed by atoms with Crippen molar-refractivity contribution in [1.82, 2.24) is 25.5 Å². The number of carbonyl (C=O) groups excluding carboxylic acids is 1. The minimum atomic E-state index is -0.139. The predicted octanol–water partition coefficient (Wildman–Crippen LogP) is 3.65. The van der Waals surface area contributed by atoms with Crippen LogP contribution in [0.15, 0.2) is 59.3 Å². The number of hydrogen-bond acceptors (Lipinski definition) is 3. The Bertz CT molecular complexity index is 1050. The van der Waals surface area contributed by atoms with E-state index in [4.69, 9.17) is 0 Å². The number of pyridine rings is 1. The van der Waals surface area contributed by atoms with Gasteiger partial charge in [0.1, 0.15) is 0 Å². The van der Waals surface area contributed by atoms with Gasteiger partial charge in [0, 0.05) is 28.8 Å². The molecule has 0 fully saturated rings. The van der Waals surface area contributed by atoms with Gasteiger partial charge in [-0.15, -0.1) is 0 Å². The summed E-state index contributed by atoms with van der Waals surface area (Å²) < 4.78 is 0.974. The second-order valence-electron chi connectivity index (χ2n) is 5.55. The summed E-state index contributed by atoms with van der Waals surface area (Å²) in [5.74, 6) is -0.139. The van der Waals surface area contributed by atoms with Crippen molar-refractivity contribution in [2.75, 3.05) is 0 Å². The first-order valence-electron chi connectivity index (χ1n) is 7.72. The van der Waals surface area contributed by atoms with Gasteiger partial charge in [-0.05, 0) is 29.8 Å². The lowest BCUT2D eigenvalue weighted by atomic mass is 10.2. The van der Waals surface area contributed by atoms with Crippen molar-refractivity contribution in [3.05, 3.63) is 70.5 Å². The number of H-pyrrole nitrogens is 2. The van der Waals surface area contributed by atoms with Gasteiger partial charge >= 0.3 is 0 Å². The van der Waals surface area contributed by atoms with Crippen LogP contribution in [0.25, 0.3) is 22.4 Å². The Morgan fingerprint density at radius 1 is 1.20 bits per heavy atom. The summed E-state index contributed by atoms with van der Waals surface area (Å²) in [6.07, 6.45) is 3.38. The quantitative estimate of drug-likeness (QED) is 0.492. The van der Waals surface area contributed by atoms with Crippen molar-refractivity contribution in [3.8, 4) is 11.4 Å². The van der Waals surface area contributed by atoms with Gasteiger partial charge in [0.25, 0.3) is 5.91 Å². The van der Waals surface area contributed by atoms with Crippen LogP contribution in [-0.2, 0) is 6.54 Å². The molecule has 0 aliphatic carbocycles. The van der Waals surface area contributed by atoms with E-state index in [0.29, 0.717) is 17.8 Å². The van der Waals surface area contributed by atoms with Gasteiger partial charge < -0.3 is 10.3 Å². The maximum atomic E-state index is 12.4. The van der Waals surface area contributed by atoms with Gasteiger partial charge in [-0.25, -0.2) is 4.98 Å². The molecule has 0 saturated carbocycles. The van der Waals surface area contributed by atoms with Crippen LogP contribution in [-0.4, -0.2) is 26.1 Å². The Hall–Kier alpha value is -2.93. The summed E-state index contributed by atoms with van der Waals surface area (Å²) in [6, 6.07) is 13.4. The van der Waals surface area contributed by atoms with Crippen LogP contribution in [0.2, 0.25) is 0 Å². The Morgan fingerprint density at radius 3 is 2.96 bits per heavy atom. The molecule has 0 spiro atoms. The number of halogens is 1. The molecule has 0 saturated heterocycles. The highest BCUT2D eigenvalue weighted by Gasteiger charge is 2.13. The topological polar surface area (TPSA) is 86.5 Å². The van der Waals surface area contributed by atoms with Crippen LogP contribution in [0.3, 0.4) is 0 Å². The zero-order valence-electron chi connectivity index (χ0n) is 13.1. The molecule has 4 aromatic rings. The van der Waals surface area contributed by atoms with E-state index in [-0.39, 0.29) is 5.91 Å². The highest BCUT2D eigenvalue weighted by Crippen LogP contribution is 2.24. The molecule has 0 aliphatic rings. The average Bonchev–Trinajstić information content (AvgIpc) is 3.27. The summed E-state index contributed by atoms with van der Waals surface area (Å²) >= 11 is 3.48. The molecule has 0 radical (unpaired) electrons. The monoisotopic (exact) mass is 395 g/mol. The number of rotatable bonds is 4. The SMILES string of the molecule is O=C(NCc1ccccc1Br)c1c[nH]c(-c2[nH]nc3ncccc23)c1. The third-order valence-electron chi connectivity index (χ3n) is 3.94. The van der Waals surface area contributed by atoms with Crippen LogP contribution in [0.4, 0.5) is 0 Å². The first-order chi connectivity index (χ1) is 12.2. The predicted molar refractivity (Wildman–Crippen MR) is 99.0 cm³/mol. The first kappa shape index (κ1) is 15.6. The molecule has 4 rings (SSSR count). The minimum Gasteiger partial charge on any atom is -0.359 e. The maximum absolute atomic E-state index is 12.4. The molecule has 3 N–H and O–H groups in total. The van der Waals surface area contributed by atoms with Crippen LogP contribution in [0.5, 0.6) is 0 Å². The molecule has 3 aromatic heterocycles. The molecule has 124 valence electrons. The second-order valence-corrected chi connectivity index (χ2v) is 6.40. The smallest absolute Gasteiger partial charge is 0.253 e. The summed E-state index contributed by atoms with van der Waals surface area (Å²) in [6.45, 7) is 0.456. The molecule has 0 bridgehead atoms. The molecule has 6 nitrogen and oxygen atoms in total. The van der Waals surface area contributed by atoms with E-state index < -0.39 is 0 Å². The Morgan fingerprint density at radius 2 is 2.08 bits per heavy atom. The maximum Gasteiger partial charge on any atom is 0.253 e. The van der Waals surface area contributed by atoms with Crippen LogP contribution in [0, 0.1) is 0 Å². The Kier molecular flexibility index (Phi) is 4.07. The fourth-order valence-corrected chi connectivity index (χ4v) is 3.07. The largest absolute Gasteiger partial charge is 0.359 e. The van der Waals surface area contributed by atoms with Crippen LogP contribution < -0.4 is 5.32 Å². The summed E-state index contributed by atoms with van der Waals surface area (Å²) in [4.78, 5) is 19.7. The standard InChI is InChI=1S/C18H14BrN5O/c19-14-6-2-1-4-11(14)9-22-18(25)12-8-15(21-10-12)16-13-5-3-7-20-17(13)24-23-16/h1-8,10,21H,9H2,(H,22,25)(H,20,23,24). The van der Waals surface area contributed by atoms with Crippen molar-refractivity contribution in [2.45, 2.75) is 6.54 Å². The van der Waals surface area contributed by atoms with Crippen LogP contribution >= 0.6 is 15.9 Å². The number of aromatic nitrogens is 4. The normalized spacial score (nSPS) is 10.9. The number of benzene rings is 1. The second kappa shape index (κ2) is 6.52. The summed E-state index contributed by atoms with van der Waals surface area (Å²) in [7, 11) is 0. The van der Waals surface area contributed by atoms with E-state index >= 15 is 0 Å². The minimum absolute atomic E-state index is 0.139. The van der Waals surface area contributed by atoms with Gasteiger partial charge in [0.15, 0.2) is 5.65 Å². The number of hydrogen-bond donors (Lipinski definition) is 3. The molecule has 3 heterocycles. The molecule has 25 heavy (non-hydrogen) atoms. The fraction of sp³-hybridized carbons (Fsp3) is 0.0556. The highest BCUT2D eigenvalue weighted by atomic mass is 79.9. The molecular formula is C18H14BrN5O. The van der Waals surface area contributed by atoms with Crippen molar-refractivity contribution >= 4 is 32.9 Å². The Labute approximate surface area is 151 Å². The third kappa shape index (κ3) is 3.06. The molecule has 0 aliphatic heterocycles.